The fraction of sp³-hybridized carbons (Fsp3) is 0.176. The quantitative estimate of drug-likeness (QED) is 0.726. The van der Waals surface area contributed by atoms with Crippen LogP contribution in [0.3, 0.4) is 0 Å². The largest absolute Gasteiger partial charge is 0.297 e. The average Bonchev–Trinajstić information content (AvgIpc) is 3.17. The zero-order valence-corrected chi connectivity index (χ0v) is 14.2. The van der Waals surface area contributed by atoms with Crippen molar-refractivity contribution in [2.24, 2.45) is 7.05 Å². The molecule has 0 aliphatic heterocycles. The molecule has 0 saturated heterocycles. The van der Waals surface area contributed by atoms with Crippen LogP contribution in [-0.2, 0) is 18.3 Å². The first-order chi connectivity index (χ1) is 11.6. The predicted octanol–water partition coefficient (Wildman–Crippen LogP) is 2.82. The molecule has 3 aromatic rings. The van der Waals surface area contributed by atoms with E-state index in [1.165, 1.54) is 28.5 Å². The highest BCUT2D eigenvalue weighted by Crippen LogP contribution is 2.19. The highest BCUT2D eigenvalue weighted by atomic mass is 32.1. The molecule has 122 valence electrons. The summed E-state index contributed by atoms with van der Waals surface area (Å²) in [6.07, 6.45) is 7.39. The number of nitrogens with one attached hydrogen (secondary N) is 1. The normalized spacial score (nSPS) is 11.1. The second-order valence-electron chi connectivity index (χ2n) is 5.43. The number of hydrogen-bond donors (Lipinski definition) is 1. The zero-order chi connectivity index (χ0) is 16.9. The van der Waals surface area contributed by atoms with Gasteiger partial charge < -0.3 is 0 Å². The maximum atomic E-state index is 11.9. The number of carbonyl (C=O) groups excluding carboxylic acids is 1. The molecule has 6 nitrogen and oxygen atoms in total. The van der Waals surface area contributed by atoms with E-state index in [1.54, 1.807) is 17.0 Å². The van der Waals surface area contributed by atoms with Gasteiger partial charge in [-0.1, -0.05) is 41.2 Å². The molecule has 0 bridgehead atoms. The van der Waals surface area contributed by atoms with Crippen molar-refractivity contribution in [2.75, 3.05) is 5.32 Å². The molecule has 0 saturated carbocycles. The Bertz CT molecular complexity index is 863. The van der Waals surface area contributed by atoms with Gasteiger partial charge in [0.2, 0.25) is 11.0 Å². The minimum atomic E-state index is -0.239. The van der Waals surface area contributed by atoms with Crippen LogP contribution in [0, 0.1) is 6.92 Å². The SMILES string of the molecule is Cc1ccc(Cc2nnc(NC(=O)C=Cc3cnn(C)c3)s2)cc1. The molecule has 2 aromatic heterocycles. The van der Waals surface area contributed by atoms with Gasteiger partial charge >= 0.3 is 0 Å². The van der Waals surface area contributed by atoms with Crippen molar-refractivity contribution < 1.29 is 4.79 Å². The fourth-order valence-corrected chi connectivity index (χ4v) is 2.88. The average molecular weight is 339 g/mol. The van der Waals surface area contributed by atoms with Crippen LogP contribution in [-0.4, -0.2) is 25.9 Å². The Kier molecular flexibility index (Phi) is 4.81. The summed E-state index contributed by atoms with van der Waals surface area (Å²) in [5.74, 6) is -0.239. The molecule has 0 atom stereocenters. The van der Waals surface area contributed by atoms with Crippen molar-refractivity contribution in [3.05, 3.63) is 64.4 Å². The molecule has 0 aliphatic carbocycles. The van der Waals surface area contributed by atoms with Crippen LogP contribution in [0.1, 0.15) is 21.7 Å². The third-order valence-corrected chi connectivity index (χ3v) is 4.16. The second kappa shape index (κ2) is 7.18. The van der Waals surface area contributed by atoms with Gasteiger partial charge in [0.15, 0.2) is 0 Å². The second-order valence-corrected chi connectivity index (χ2v) is 6.50. The van der Waals surface area contributed by atoms with Gasteiger partial charge in [0.05, 0.1) is 6.20 Å². The van der Waals surface area contributed by atoms with Crippen LogP contribution >= 0.6 is 11.3 Å². The smallest absolute Gasteiger partial charge is 0.250 e. The van der Waals surface area contributed by atoms with Crippen LogP contribution in [0.15, 0.2) is 42.7 Å². The number of aromatic nitrogens is 4. The van der Waals surface area contributed by atoms with Gasteiger partial charge in [-0.25, -0.2) is 0 Å². The first-order valence-electron chi connectivity index (χ1n) is 7.44. The molecule has 1 amide bonds. The minimum Gasteiger partial charge on any atom is -0.297 e. The Balaban J connectivity index is 1.58. The Labute approximate surface area is 143 Å². The molecule has 0 fully saturated rings. The van der Waals surface area contributed by atoms with Gasteiger partial charge in [-0.3, -0.25) is 14.8 Å². The van der Waals surface area contributed by atoms with E-state index >= 15 is 0 Å². The Hall–Kier alpha value is -2.80. The standard InChI is InChI=1S/C17H17N5OS/c1-12-3-5-13(6-4-12)9-16-20-21-17(24-16)19-15(23)8-7-14-10-18-22(2)11-14/h3-8,10-11H,9H2,1-2H3,(H,19,21,23). The highest BCUT2D eigenvalue weighted by molar-refractivity contribution is 7.15. The van der Waals surface area contributed by atoms with Crippen molar-refractivity contribution in [1.29, 1.82) is 0 Å². The van der Waals surface area contributed by atoms with Crippen LogP contribution in [0.5, 0.6) is 0 Å². The fourth-order valence-electron chi connectivity index (χ4n) is 2.10. The highest BCUT2D eigenvalue weighted by Gasteiger charge is 2.07. The first kappa shape index (κ1) is 16.1. The van der Waals surface area contributed by atoms with Crippen LogP contribution < -0.4 is 5.32 Å². The summed E-state index contributed by atoms with van der Waals surface area (Å²) < 4.78 is 1.68. The predicted molar refractivity (Wildman–Crippen MR) is 94.8 cm³/mol. The van der Waals surface area contributed by atoms with Gasteiger partial charge in [0.1, 0.15) is 5.01 Å². The molecule has 24 heavy (non-hydrogen) atoms. The molecule has 0 radical (unpaired) electrons. The van der Waals surface area contributed by atoms with Gasteiger partial charge in [-0.2, -0.15) is 5.10 Å². The molecule has 0 spiro atoms. The van der Waals surface area contributed by atoms with Crippen LogP contribution in [0.4, 0.5) is 5.13 Å². The van der Waals surface area contributed by atoms with Crippen molar-refractivity contribution in [3.8, 4) is 0 Å². The third kappa shape index (κ3) is 4.36. The van der Waals surface area contributed by atoms with E-state index in [0.29, 0.717) is 11.6 Å². The van der Waals surface area contributed by atoms with Crippen molar-refractivity contribution >= 4 is 28.5 Å². The van der Waals surface area contributed by atoms with Crippen molar-refractivity contribution in [1.82, 2.24) is 20.0 Å². The van der Waals surface area contributed by atoms with Crippen LogP contribution in [0.2, 0.25) is 0 Å². The molecule has 0 aliphatic rings. The first-order valence-corrected chi connectivity index (χ1v) is 8.26. The third-order valence-electron chi connectivity index (χ3n) is 3.32. The molecular formula is C17H17N5OS. The molecule has 1 N–H and O–H groups in total. The van der Waals surface area contributed by atoms with E-state index in [-0.39, 0.29) is 5.91 Å². The number of benzene rings is 1. The molecule has 1 aromatic carbocycles. The lowest BCUT2D eigenvalue weighted by Gasteiger charge is -1.97. The van der Waals surface area contributed by atoms with Crippen molar-refractivity contribution in [2.45, 2.75) is 13.3 Å². The monoisotopic (exact) mass is 339 g/mol. The van der Waals surface area contributed by atoms with E-state index in [4.69, 9.17) is 0 Å². The van der Waals surface area contributed by atoms with E-state index in [1.807, 2.05) is 13.2 Å². The molecular weight excluding hydrogens is 322 g/mol. The van der Waals surface area contributed by atoms with Gasteiger partial charge in [-0.05, 0) is 18.6 Å². The lowest BCUT2D eigenvalue weighted by Crippen LogP contribution is -2.07. The van der Waals surface area contributed by atoms with E-state index in [2.05, 4.69) is 51.8 Å². The summed E-state index contributed by atoms with van der Waals surface area (Å²) in [6, 6.07) is 8.29. The summed E-state index contributed by atoms with van der Waals surface area (Å²) in [7, 11) is 1.83. The summed E-state index contributed by atoms with van der Waals surface area (Å²) in [5, 5.41) is 16.3. The van der Waals surface area contributed by atoms with Gasteiger partial charge in [0.25, 0.3) is 0 Å². The summed E-state index contributed by atoms with van der Waals surface area (Å²) in [4.78, 5) is 11.9. The number of anilines is 1. The Morgan fingerprint density at radius 2 is 2.08 bits per heavy atom. The minimum absolute atomic E-state index is 0.239. The van der Waals surface area contributed by atoms with E-state index < -0.39 is 0 Å². The Morgan fingerprint density at radius 1 is 1.29 bits per heavy atom. The maximum absolute atomic E-state index is 11.9. The Morgan fingerprint density at radius 3 is 2.79 bits per heavy atom. The topological polar surface area (TPSA) is 72.7 Å². The van der Waals surface area contributed by atoms with E-state index in [0.717, 1.165) is 10.6 Å². The number of nitrogens with zero attached hydrogens (tertiary/aromatic N) is 4. The number of rotatable bonds is 5. The molecule has 0 unspecified atom stereocenters. The lowest BCUT2D eigenvalue weighted by molar-refractivity contribution is -0.111. The summed E-state index contributed by atoms with van der Waals surface area (Å²) in [6.45, 7) is 2.06. The van der Waals surface area contributed by atoms with Crippen LogP contribution in [0.25, 0.3) is 6.08 Å². The lowest BCUT2D eigenvalue weighted by atomic mass is 10.1. The van der Waals surface area contributed by atoms with E-state index in [9.17, 15) is 4.79 Å². The molecule has 2 heterocycles. The zero-order valence-electron chi connectivity index (χ0n) is 13.4. The van der Waals surface area contributed by atoms with Gasteiger partial charge in [-0.15, -0.1) is 10.2 Å². The number of carbonyl (C=O) groups is 1. The summed E-state index contributed by atoms with van der Waals surface area (Å²) >= 11 is 1.38. The molecule has 3 rings (SSSR count). The number of amides is 1. The number of aryl methyl sites for hydroxylation is 2. The van der Waals surface area contributed by atoms with Gasteiger partial charge in [0, 0.05) is 31.3 Å². The maximum Gasteiger partial charge on any atom is 0.250 e. The summed E-state index contributed by atoms with van der Waals surface area (Å²) in [5.41, 5.74) is 3.26. The molecule has 7 heteroatoms. The van der Waals surface area contributed by atoms with Crippen molar-refractivity contribution in [3.63, 3.8) is 0 Å². The number of hydrogen-bond acceptors (Lipinski definition) is 5.